The van der Waals surface area contributed by atoms with Crippen molar-refractivity contribution in [3.8, 4) is 29.1 Å². The zero-order valence-corrected chi connectivity index (χ0v) is 18.1. The summed E-state index contributed by atoms with van der Waals surface area (Å²) in [5.74, 6) is 0.499. The van der Waals surface area contributed by atoms with Gasteiger partial charge in [0.2, 0.25) is 11.8 Å². The molecule has 0 aliphatic carbocycles. The van der Waals surface area contributed by atoms with E-state index in [0.29, 0.717) is 17.3 Å². The van der Waals surface area contributed by atoms with E-state index in [1.807, 2.05) is 12.1 Å². The van der Waals surface area contributed by atoms with Crippen LogP contribution in [0.15, 0.2) is 48.8 Å². The lowest BCUT2D eigenvalue weighted by atomic mass is 9.94. The van der Waals surface area contributed by atoms with Crippen LogP contribution < -0.4 is 10.5 Å². The Kier molecular flexibility index (Phi) is 5.36. The van der Waals surface area contributed by atoms with E-state index in [-0.39, 0.29) is 23.1 Å². The zero-order valence-electron chi connectivity index (χ0n) is 18.1. The number of fused-ring (bicyclic) bond motifs is 1. The third-order valence-corrected chi connectivity index (χ3v) is 5.91. The summed E-state index contributed by atoms with van der Waals surface area (Å²) in [6, 6.07) is 11.6. The lowest BCUT2D eigenvalue weighted by Crippen LogP contribution is -2.31. The minimum atomic E-state index is -0.597. The summed E-state index contributed by atoms with van der Waals surface area (Å²) in [6.45, 7) is 1.97. The number of ether oxygens (including phenoxy) is 1. The van der Waals surface area contributed by atoms with Crippen LogP contribution in [0.2, 0.25) is 0 Å². The van der Waals surface area contributed by atoms with E-state index in [0.717, 1.165) is 37.1 Å². The van der Waals surface area contributed by atoms with Crippen LogP contribution in [0.1, 0.15) is 30.0 Å². The van der Waals surface area contributed by atoms with Crippen LogP contribution in [0.25, 0.3) is 16.9 Å². The minimum Gasteiger partial charge on any atom is -0.435 e. The van der Waals surface area contributed by atoms with Crippen LogP contribution >= 0.6 is 0 Å². The molecule has 9 heteroatoms. The average Bonchev–Trinajstić information content (AvgIpc) is 3.22. The number of imidazole rings is 1. The molecule has 1 atom stereocenters. The first-order valence-corrected chi connectivity index (χ1v) is 10.7. The summed E-state index contributed by atoms with van der Waals surface area (Å²) in [5.41, 5.74) is 8.81. The number of nitrogen functional groups attached to an aromatic ring is 1. The number of likely N-dealkylation sites (tertiary alicyclic amines) is 1. The second-order valence-corrected chi connectivity index (χ2v) is 8.16. The predicted molar refractivity (Wildman–Crippen MR) is 121 cm³/mol. The number of halogens is 1. The van der Waals surface area contributed by atoms with Crippen LogP contribution in [0.5, 0.6) is 11.6 Å². The van der Waals surface area contributed by atoms with Gasteiger partial charge in [0, 0.05) is 30.4 Å². The third kappa shape index (κ3) is 3.85. The monoisotopic (exact) mass is 443 g/mol. The zero-order chi connectivity index (χ0) is 22.9. The molecular weight excluding hydrogens is 421 g/mol. The topological polar surface area (TPSA) is 105 Å². The van der Waals surface area contributed by atoms with E-state index < -0.39 is 5.82 Å². The maximum absolute atomic E-state index is 15.0. The maximum atomic E-state index is 15.0. The highest BCUT2D eigenvalue weighted by atomic mass is 19.1. The van der Waals surface area contributed by atoms with Crippen LogP contribution in [0.3, 0.4) is 0 Å². The largest absolute Gasteiger partial charge is 0.435 e. The van der Waals surface area contributed by atoms with Gasteiger partial charge in [0.15, 0.2) is 11.6 Å². The number of pyridine rings is 1. The normalized spacial score (nSPS) is 16.6. The fourth-order valence-corrected chi connectivity index (χ4v) is 4.35. The molecule has 8 nitrogen and oxygen atoms in total. The first kappa shape index (κ1) is 20.8. The number of hydrogen-bond acceptors (Lipinski definition) is 7. The van der Waals surface area contributed by atoms with Gasteiger partial charge < -0.3 is 15.4 Å². The molecule has 166 valence electrons. The smallest absolute Gasteiger partial charge is 0.237 e. The summed E-state index contributed by atoms with van der Waals surface area (Å²) in [7, 11) is 2.11. The molecule has 0 bridgehead atoms. The van der Waals surface area contributed by atoms with Crippen molar-refractivity contribution in [1.29, 1.82) is 5.26 Å². The highest BCUT2D eigenvalue weighted by molar-refractivity contribution is 5.69. The summed E-state index contributed by atoms with van der Waals surface area (Å²) in [6.07, 6.45) is 5.28. The van der Waals surface area contributed by atoms with Gasteiger partial charge in [0.1, 0.15) is 17.5 Å². The Morgan fingerprint density at radius 2 is 2.09 bits per heavy atom. The Morgan fingerprint density at radius 1 is 1.21 bits per heavy atom. The number of nitrogens with zero attached hydrogens (tertiary/aromatic N) is 6. The molecule has 3 aromatic heterocycles. The van der Waals surface area contributed by atoms with E-state index in [2.05, 4.69) is 21.9 Å². The summed E-state index contributed by atoms with van der Waals surface area (Å²) < 4.78 is 22.4. The number of piperidine rings is 1. The summed E-state index contributed by atoms with van der Waals surface area (Å²) >= 11 is 0. The van der Waals surface area contributed by atoms with Crippen molar-refractivity contribution in [3.63, 3.8) is 0 Å². The van der Waals surface area contributed by atoms with Crippen molar-refractivity contribution in [3.05, 3.63) is 65.9 Å². The molecule has 5 rings (SSSR count). The maximum Gasteiger partial charge on any atom is 0.237 e. The van der Waals surface area contributed by atoms with Crippen molar-refractivity contribution in [2.24, 2.45) is 0 Å². The van der Waals surface area contributed by atoms with Gasteiger partial charge in [-0.3, -0.25) is 4.40 Å². The number of aromatic nitrogens is 4. The first-order chi connectivity index (χ1) is 16.0. The predicted octanol–water partition coefficient (Wildman–Crippen LogP) is 3.99. The Hall–Kier alpha value is -4.03. The van der Waals surface area contributed by atoms with Crippen molar-refractivity contribution < 1.29 is 9.13 Å². The van der Waals surface area contributed by atoms with E-state index in [1.165, 1.54) is 18.3 Å². The molecule has 0 saturated carbocycles. The van der Waals surface area contributed by atoms with Gasteiger partial charge in [-0.2, -0.15) is 5.26 Å². The number of hydrogen-bond donors (Lipinski definition) is 1. The number of likely N-dealkylation sites (N-methyl/N-ethyl adjacent to an activating group) is 1. The van der Waals surface area contributed by atoms with Crippen molar-refractivity contribution in [2.45, 2.75) is 18.8 Å². The molecule has 0 amide bonds. The minimum absolute atomic E-state index is 0.0324. The molecule has 1 aliphatic heterocycles. The summed E-state index contributed by atoms with van der Waals surface area (Å²) in [5, 5.41) is 9.22. The molecule has 2 N–H and O–H groups in total. The van der Waals surface area contributed by atoms with Crippen LogP contribution in [0.4, 0.5) is 10.3 Å². The molecule has 1 aromatic carbocycles. The van der Waals surface area contributed by atoms with Gasteiger partial charge in [0.25, 0.3) is 0 Å². The van der Waals surface area contributed by atoms with E-state index in [9.17, 15) is 5.26 Å². The SMILES string of the molecule is CN1CCCC(c2nc(-c3ccc(Oc4ncccc4C#N)c(F)c3)n3c(N)nccc23)C1. The Balaban J connectivity index is 1.55. The lowest BCUT2D eigenvalue weighted by Gasteiger charge is -2.28. The molecule has 1 saturated heterocycles. The number of anilines is 1. The number of nitrogens with two attached hydrogens (primary N) is 1. The molecular formula is C24H22FN7O. The highest BCUT2D eigenvalue weighted by Crippen LogP contribution is 2.35. The Bertz CT molecular complexity index is 1380. The van der Waals surface area contributed by atoms with Crippen molar-refractivity contribution in [2.75, 3.05) is 25.9 Å². The second kappa shape index (κ2) is 8.48. The van der Waals surface area contributed by atoms with Crippen LogP contribution in [-0.2, 0) is 0 Å². The van der Waals surface area contributed by atoms with Crippen LogP contribution in [0, 0.1) is 17.1 Å². The van der Waals surface area contributed by atoms with Crippen molar-refractivity contribution >= 4 is 11.5 Å². The molecule has 1 unspecified atom stereocenters. The van der Waals surface area contributed by atoms with E-state index in [1.54, 1.807) is 28.8 Å². The summed E-state index contributed by atoms with van der Waals surface area (Å²) in [4.78, 5) is 15.4. The fourth-order valence-electron chi connectivity index (χ4n) is 4.35. The van der Waals surface area contributed by atoms with Gasteiger partial charge in [-0.05, 0) is 62.8 Å². The second-order valence-electron chi connectivity index (χ2n) is 8.16. The van der Waals surface area contributed by atoms with Gasteiger partial charge >= 0.3 is 0 Å². The van der Waals surface area contributed by atoms with E-state index >= 15 is 4.39 Å². The highest BCUT2D eigenvalue weighted by Gasteiger charge is 2.26. The quantitative estimate of drug-likeness (QED) is 0.508. The van der Waals surface area contributed by atoms with Gasteiger partial charge in [-0.15, -0.1) is 0 Å². The van der Waals surface area contributed by atoms with Crippen LogP contribution in [-0.4, -0.2) is 44.4 Å². The molecule has 1 aliphatic rings. The van der Waals surface area contributed by atoms with Gasteiger partial charge in [-0.25, -0.2) is 19.3 Å². The molecule has 33 heavy (non-hydrogen) atoms. The number of nitriles is 1. The Labute approximate surface area is 190 Å². The Morgan fingerprint density at radius 3 is 2.88 bits per heavy atom. The molecule has 0 radical (unpaired) electrons. The lowest BCUT2D eigenvalue weighted by molar-refractivity contribution is 0.249. The van der Waals surface area contributed by atoms with Gasteiger partial charge in [0.05, 0.1) is 11.2 Å². The standard InChI is InChI=1S/C24H22FN7O/c1-31-11-3-5-17(14-31)21-19-8-10-29-24(27)32(19)22(30-21)15-6-7-20(18(25)12-15)33-23-16(13-26)4-2-9-28-23/h2,4,6-10,12,17H,3,5,11,14H2,1H3,(H2,27,29). The average molecular weight is 443 g/mol. The molecule has 4 aromatic rings. The first-order valence-electron chi connectivity index (χ1n) is 10.7. The van der Waals surface area contributed by atoms with Crippen molar-refractivity contribution in [1.82, 2.24) is 24.3 Å². The molecule has 4 heterocycles. The van der Waals surface area contributed by atoms with E-state index in [4.69, 9.17) is 15.5 Å². The third-order valence-electron chi connectivity index (χ3n) is 5.91. The molecule has 0 spiro atoms. The molecule has 1 fully saturated rings. The fraction of sp³-hybridized carbons (Fsp3) is 0.250. The number of benzene rings is 1. The van der Waals surface area contributed by atoms with Gasteiger partial charge in [-0.1, -0.05) is 0 Å². The number of rotatable bonds is 4.